The number of thiocarbonyl (C=S) groups is 1. The highest BCUT2D eigenvalue weighted by molar-refractivity contribution is 7.92. The van der Waals surface area contributed by atoms with Crippen LogP contribution in [0.1, 0.15) is 6.42 Å². The molecule has 3 aliphatic rings. The number of nitrogens with one attached hydrogen (secondary N) is 1. The smallest absolute Gasteiger partial charge is 0.169 e. The van der Waals surface area contributed by atoms with Crippen molar-refractivity contribution < 1.29 is 16.8 Å². The van der Waals surface area contributed by atoms with E-state index in [2.05, 4.69) is 5.32 Å². The van der Waals surface area contributed by atoms with Crippen LogP contribution in [0.5, 0.6) is 0 Å². The van der Waals surface area contributed by atoms with Crippen LogP contribution in [0.2, 0.25) is 0 Å². The van der Waals surface area contributed by atoms with Crippen molar-refractivity contribution in [3.8, 4) is 0 Å². The fourth-order valence-corrected chi connectivity index (χ4v) is 7.31. The number of nitrogens with zero attached hydrogens (tertiary/aromatic N) is 1. The normalized spacial score (nSPS) is 39.3. The van der Waals surface area contributed by atoms with Gasteiger partial charge in [-0.2, -0.15) is 0 Å². The highest BCUT2D eigenvalue weighted by atomic mass is 32.2. The first kappa shape index (κ1) is 13.6. The minimum absolute atomic E-state index is 0.0619. The predicted molar refractivity (Wildman–Crippen MR) is 75.4 cm³/mol. The van der Waals surface area contributed by atoms with E-state index in [0.717, 1.165) is 0 Å². The van der Waals surface area contributed by atoms with Crippen molar-refractivity contribution in [2.45, 2.75) is 18.5 Å². The first-order chi connectivity index (χ1) is 8.76. The van der Waals surface area contributed by atoms with E-state index in [9.17, 15) is 16.8 Å². The molecule has 0 aromatic heterocycles. The summed E-state index contributed by atoms with van der Waals surface area (Å²) < 4.78 is 46.2. The van der Waals surface area contributed by atoms with Crippen LogP contribution in [-0.4, -0.2) is 68.5 Å². The molecule has 3 atom stereocenters. The molecular weight excluding hydrogens is 308 g/mol. The fourth-order valence-electron chi connectivity index (χ4n) is 3.18. The predicted octanol–water partition coefficient (Wildman–Crippen LogP) is -1.22. The van der Waals surface area contributed by atoms with Crippen LogP contribution in [0.25, 0.3) is 0 Å². The summed E-state index contributed by atoms with van der Waals surface area (Å²) in [5.74, 6) is 0.724. The van der Waals surface area contributed by atoms with Crippen molar-refractivity contribution in [1.82, 2.24) is 10.2 Å². The molecule has 0 spiro atoms. The maximum absolute atomic E-state index is 11.6. The third kappa shape index (κ3) is 2.59. The lowest BCUT2D eigenvalue weighted by Crippen LogP contribution is -2.40. The topological polar surface area (TPSA) is 83.6 Å². The van der Waals surface area contributed by atoms with Gasteiger partial charge in [0.25, 0.3) is 0 Å². The molecule has 3 saturated heterocycles. The van der Waals surface area contributed by atoms with Crippen LogP contribution in [0, 0.1) is 5.92 Å². The second-order valence-corrected chi connectivity index (χ2v) is 10.4. The van der Waals surface area contributed by atoms with Crippen LogP contribution >= 0.6 is 12.2 Å². The summed E-state index contributed by atoms with van der Waals surface area (Å²) in [5, 5.41) is 3.61. The molecule has 0 aliphatic carbocycles. The third-order valence-corrected chi connectivity index (χ3v) is 7.98. The Kier molecular flexibility index (Phi) is 3.06. The van der Waals surface area contributed by atoms with Gasteiger partial charge in [-0.25, -0.2) is 16.8 Å². The van der Waals surface area contributed by atoms with Crippen molar-refractivity contribution in [1.29, 1.82) is 0 Å². The zero-order valence-corrected chi connectivity index (χ0v) is 12.7. The molecule has 0 amide bonds. The van der Waals surface area contributed by atoms with Crippen molar-refractivity contribution in [2.75, 3.05) is 29.6 Å². The molecule has 0 bridgehead atoms. The Morgan fingerprint density at radius 3 is 2.53 bits per heavy atom. The summed E-state index contributed by atoms with van der Waals surface area (Å²) in [6.07, 6.45) is 0.644. The Morgan fingerprint density at radius 1 is 1.16 bits per heavy atom. The lowest BCUT2D eigenvalue weighted by atomic mass is 10.1. The summed E-state index contributed by atoms with van der Waals surface area (Å²) in [6, 6.07) is -0.253. The van der Waals surface area contributed by atoms with Crippen molar-refractivity contribution in [3.05, 3.63) is 0 Å². The molecule has 0 unspecified atom stereocenters. The van der Waals surface area contributed by atoms with Crippen LogP contribution < -0.4 is 5.32 Å². The second kappa shape index (κ2) is 4.29. The quantitative estimate of drug-likeness (QED) is 0.637. The molecule has 3 heterocycles. The molecule has 0 radical (unpaired) electrons. The van der Waals surface area contributed by atoms with E-state index in [1.807, 2.05) is 4.90 Å². The van der Waals surface area contributed by atoms with Crippen LogP contribution in [0.4, 0.5) is 0 Å². The van der Waals surface area contributed by atoms with E-state index >= 15 is 0 Å². The Labute approximate surface area is 118 Å². The minimum Gasteiger partial charge on any atom is -0.357 e. The molecule has 108 valence electrons. The van der Waals surface area contributed by atoms with Crippen LogP contribution in [0.15, 0.2) is 0 Å². The standard InChI is InChI=1S/C10H16N2O4S3/c13-18(14)2-1-7(4-18)3-12-9-6-19(15,16)5-8(9)11-10(12)17/h7-9H,1-6H2,(H,11,17)/t7-,8-,9-/m0/s1. The molecule has 0 aromatic rings. The van der Waals surface area contributed by atoms with Gasteiger partial charge in [-0.05, 0) is 24.6 Å². The van der Waals surface area contributed by atoms with E-state index in [1.54, 1.807) is 0 Å². The fraction of sp³-hybridized carbons (Fsp3) is 0.900. The van der Waals surface area contributed by atoms with Crippen LogP contribution in [-0.2, 0) is 19.7 Å². The summed E-state index contributed by atoms with van der Waals surface area (Å²) in [6.45, 7) is 0.543. The number of fused-ring (bicyclic) bond motifs is 1. The van der Waals surface area contributed by atoms with Crippen LogP contribution in [0.3, 0.4) is 0 Å². The van der Waals surface area contributed by atoms with Gasteiger partial charge in [0.1, 0.15) is 0 Å². The first-order valence-corrected chi connectivity index (χ1v) is 10.3. The zero-order chi connectivity index (χ0) is 13.8. The van der Waals surface area contributed by atoms with Gasteiger partial charge in [0.15, 0.2) is 24.8 Å². The molecule has 6 nitrogen and oxygen atoms in total. The van der Waals surface area contributed by atoms with Crippen molar-refractivity contribution >= 4 is 37.0 Å². The Balaban J connectivity index is 1.73. The van der Waals surface area contributed by atoms with E-state index in [1.165, 1.54) is 0 Å². The number of sulfone groups is 2. The van der Waals surface area contributed by atoms with Gasteiger partial charge >= 0.3 is 0 Å². The van der Waals surface area contributed by atoms with E-state index in [0.29, 0.717) is 18.1 Å². The molecule has 1 N–H and O–H groups in total. The van der Waals surface area contributed by atoms with Gasteiger partial charge in [-0.1, -0.05) is 0 Å². The third-order valence-electron chi connectivity index (χ3n) is 4.07. The summed E-state index contributed by atoms with van der Waals surface area (Å²) in [4.78, 5) is 1.88. The molecule has 9 heteroatoms. The molecular formula is C10H16N2O4S3. The van der Waals surface area contributed by atoms with E-state index in [4.69, 9.17) is 12.2 Å². The molecule has 3 rings (SSSR count). The Bertz CT molecular complexity index is 613. The summed E-state index contributed by atoms with van der Waals surface area (Å²) in [7, 11) is -5.91. The molecule has 3 aliphatic heterocycles. The molecule has 3 fully saturated rings. The van der Waals surface area contributed by atoms with Crippen molar-refractivity contribution in [2.24, 2.45) is 5.92 Å². The number of hydrogen-bond donors (Lipinski definition) is 1. The lowest BCUT2D eigenvalue weighted by Gasteiger charge is -2.25. The van der Waals surface area contributed by atoms with Gasteiger partial charge in [-0.3, -0.25) is 0 Å². The molecule has 0 aromatic carbocycles. The van der Waals surface area contributed by atoms with Gasteiger partial charge < -0.3 is 10.2 Å². The minimum atomic E-state index is -3.00. The van der Waals surface area contributed by atoms with E-state index < -0.39 is 19.7 Å². The SMILES string of the molecule is O=S1(=O)CC[C@@H](CN2C(=S)N[C@H]3CS(=O)(=O)C[C@@H]32)C1. The highest BCUT2D eigenvalue weighted by Crippen LogP contribution is 2.27. The zero-order valence-electron chi connectivity index (χ0n) is 10.3. The maximum Gasteiger partial charge on any atom is 0.169 e. The monoisotopic (exact) mass is 324 g/mol. The van der Waals surface area contributed by atoms with Gasteiger partial charge in [0, 0.05) is 6.54 Å². The molecule has 19 heavy (non-hydrogen) atoms. The van der Waals surface area contributed by atoms with Gasteiger partial charge in [0.2, 0.25) is 0 Å². The lowest BCUT2D eigenvalue weighted by molar-refractivity contribution is 0.311. The van der Waals surface area contributed by atoms with Gasteiger partial charge in [-0.15, -0.1) is 0 Å². The van der Waals surface area contributed by atoms with Crippen molar-refractivity contribution in [3.63, 3.8) is 0 Å². The number of hydrogen-bond acceptors (Lipinski definition) is 5. The second-order valence-electron chi connectivity index (χ2n) is 5.62. The average Bonchev–Trinajstić information content (AvgIpc) is 2.82. The molecule has 0 saturated carbocycles. The largest absolute Gasteiger partial charge is 0.357 e. The number of rotatable bonds is 2. The van der Waals surface area contributed by atoms with Gasteiger partial charge in [0.05, 0.1) is 35.1 Å². The average molecular weight is 324 g/mol. The Morgan fingerprint density at radius 2 is 1.89 bits per heavy atom. The first-order valence-electron chi connectivity index (χ1n) is 6.24. The summed E-state index contributed by atoms with van der Waals surface area (Å²) >= 11 is 5.23. The van der Waals surface area contributed by atoms with E-state index in [-0.39, 0.29) is 41.0 Å². The highest BCUT2D eigenvalue weighted by Gasteiger charge is 2.47. The summed E-state index contributed by atoms with van der Waals surface area (Å²) in [5.41, 5.74) is 0. The Hall–Kier alpha value is -0.410. The maximum atomic E-state index is 11.6.